The van der Waals surface area contributed by atoms with Crippen molar-refractivity contribution in [2.45, 2.75) is 13.5 Å². The quantitative estimate of drug-likeness (QED) is 0.688. The van der Waals surface area contributed by atoms with Gasteiger partial charge in [-0.3, -0.25) is 4.79 Å². The van der Waals surface area contributed by atoms with E-state index in [0.717, 1.165) is 0 Å². The minimum Gasteiger partial charge on any atom is -0.481 e. The fourth-order valence-electron chi connectivity index (χ4n) is 1.26. The second-order valence-corrected chi connectivity index (χ2v) is 3.81. The first-order chi connectivity index (χ1) is 8.00. The molecule has 1 atom stereocenters. The summed E-state index contributed by atoms with van der Waals surface area (Å²) in [5.74, 6) is -0.858. The van der Waals surface area contributed by atoms with Gasteiger partial charge in [-0.25, -0.2) is 9.78 Å². The molecule has 0 aliphatic heterocycles. The van der Waals surface area contributed by atoms with Crippen LogP contribution in [0.3, 0.4) is 0 Å². The third kappa shape index (κ3) is 4.13. The predicted octanol–water partition coefficient (Wildman–Crippen LogP) is 0.272. The summed E-state index contributed by atoms with van der Waals surface area (Å²) in [6.45, 7) is 2.01. The van der Waals surface area contributed by atoms with Crippen LogP contribution in [0.15, 0.2) is 12.4 Å². The van der Waals surface area contributed by atoms with Gasteiger partial charge in [-0.15, -0.1) is 0 Å². The van der Waals surface area contributed by atoms with Crippen LogP contribution in [0.25, 0.3) is 0 Å². The standard InChI is InChI=1S/C10H16N4O3/c1-7(9(15)16)6-14(2)10(17)13-5-8-11-3-4-12-8/h3-4,7H,5-6H2,1-2H3,(H,11,12)(H,13,17)(H,15,16). The third-order valence-electron chi connectivity index (χ3n) is 2.28. The predicted molar refractivity (Wildman–Crippen MR) is 60.3 cm³/mol. The summed E-state index contributed by atoms with van der Waals surface area (Å²) in [7, 11) is 1.55. The molecule has 0 aromatic carbocycles. The molecule has 7 heteroatoms. The number of amides is 2. The van der Waals surface area contributed by atoms with E-state index in [0.29, 0.717) is 5.82 Å². The highest BCUT2D eigenvalue weighted by atomic mass is 16.4. The zero-order chi connectivity index (χ0) is 12.8. The van der Waals surface area contributed by atoms with Crippen molar-refractivity contribution < 1.29 is 14.7 Å². The van der Waals surface area contributed by atoms with E-state index < -0.39 is 11.9 Å². The second-order valence-electron chi connectivity index (χ2n) is 3.81. The highest BCUT2D eigenvalue weighted by Gasteiger charge is 2.17. The number of hydrogen-bond donors (Lipinski definition) is 3. The maximum absolute atomic E-state index is 11.6. The Morgan fingerprint density at radius 1 is 1.65 bits per heavy atom. The SMILES string of the molecule is CC(CN(C)C(=O)NCc1ncc[nH]1)C(=O)O. The first kappa shape index (κ1) is 13.0. The first-order valence-electron chi connectivity index (χ1n) is 5.20. The van der Waals surface area contributed by atoms with Crippen molar-refractivity contribution in [2.75, 3.05) is 13.6 Å². The number of carboxylic acid groups (broad SMARTS) is 1. The van der Waals surface area contributed by atoms with Crippen molar-refractivity contribution in [3.8, 4) is 0 Å². The van der Waals surface area contributed by atoms with Crippen molar-refractivity contribution in [3.63, 3.8) is 0 Å². The average molecular weight is 240 g/mol. The summed E-state index contributed by atoms with van der Waals surface area (Å²) in [4.78, 5) is 30.3. The third-order valence-corrected chi connectivity index (χ3v) is 2.28. The summed E-state index contributed by atoms with van der Waals surface area (Å²) in [6.07, 6.45) is 3.26. The molecular formula is C10H16N4O3. The number of imidazole rings is 1. The Balaban J connectivity index is 2.34. The van der Waals surface area contributed by atoms with Gasteiger partial charge in [0.2, 0.25) is 0 Å². The lowest BCUT2D eigenvalue weighted by Gasteiger charge is -2.19. The number of aromatic nitrogens is 2. The summed E-state index contributed by atoms with van der Waals surface area (Å²) in [5.41, 5.74) is 0. The van der Waals surface area contributed by atoms with Gasteiger partial charge in [0.25, 0.3) is 0 Å². The average Bonchev–Trinajstić information content (AvgIpc) is 2.78. The molecule has 0 bridgehead atoms. The molecule has 94 valence electrons. The molecule has 0 saturated carbocycles. The van der Waals surface area contributed by atoms with Crippen LogP contribution >= 0.6 is 0 Å². The Kier molecular flexibility index (Phi) is 4.50. The highest BCUT2D eigenvalue weighted by molar-refractivity contribution is 5.75. The van der Waals surface area contributed by atoms with Gasteiger partial charge >= 0.3 is 12.0 Å². The lowest BCUT2D eigenvalue weighted by Crippen LogP contribution is -2.40. The molecule has 3 N–H and O–H groups in total. The van der Waals surface area contributed by atoms with Crippen LogP contribution in [0, 0.1) is 5.92 Å². The molecular weight excluding hydrogens is 224 g/mol. The van der Waals surface area contributed by atoms with Gasteiger partial charge in [0.05, 0.1) is 12.5 Å². The van der Waals surface area contributed by atoms with Crippen LogP contribution in [0.2, 0.25) is 0 Å². The van der Waals surface area contributed by atoms with Crippen molar-refractivity contribution >= 4 is 12.0 Å². The number of rotatable bonds is 5. The number of H-pyrrole nitrogens is 1. The summed E-state index contributed by atoms with van der Waals surface area (Å²) in [5, 5.41) is 11.3. The summed E-state index contributed by atoms with van der Waals surface area (Å²) in [6, 6.07) is -0.325. The molecule has 1 aromatic heterocycles. The number of nitrogens with zero attached hydrogens (tertiary/aromatic N) is 2. The van der Waals surface area contributed by atoms with Crippen LogP contribution in [-0.4, -0.2) is 45.6 Å². The van der Waals surface area contributed by atoms with E-state index in [9.17, 15) is 9.59 Å². The molecule has 0 spiro atoms. The van der Waals surface area contributed by atoms with Crippen LogP contribution in [-0.2, 0) is 11.3 Å². The Morgan fingerprint density at radius 3 is 2.88 bits per heavy atom. The highest BCUT2D eigenvalue weighted by Crippen LogP contribution is 1.98. The first-order valence-corrected chi connectivity index (χ1v) is 5.20. The molecule has 2 amide bonds. The number of hydrogen-bond acceptors (Lipinski definition) is 3. The van der Waals surface area contributed by atoms with Crippen molar-refractivity contribution in [1.82, 2.24) is 20.2 Å². The fourth-order valence-corrected chi connectivity index (χ4v) is 1.26. The zero-order valence-corrected chi connectivity index (χ0v) is 9.80. The van der Waals surface area contributed by atoms with Crippen molar-refractivity contribution in [2.24, 2.45) is 5.92 Å². The smallest absolute Gasteiger partial charge is 0.317 e. The molecule has 1 unspecified atom stereocenters. The summed E-state index contributed by atoms with van der Waals surface area (Å²) < 4.78 is 0. The topological polar surface area (TPSA) is 98.3 Å². The van der Waals surface area contributed by atoms with E-state index in [1.165, 1.54) is 4.90 Å². The van der Waals surface area contributed by atoms with Crippen LogP contribution < -0.4 is 5.32 Å². The molecule has 0 saturated heterocycles. The molecule has 0 radical (unpaired) electrons. The van der Waals surface area contributed by atoms with Crippen LogP contribution in [0.5, 0.6) is 0 Å². The Morgan fingerprint density at radius 2 is 2.35 bits per heavy atom. The molecule has 1 heterocycles. The van der Waals surface area contributed by atoms with Crippen LogP contribution in [0.4, 0.5) is 4.79 Å². The fraction of sp³-hybridized carbons (Fsp3) is 0.500. The number of urea groups is 1. The molecule has 1 aromatic rings. The van der Waals surface area contributed by atoms with Gasteiger partial charge < -0.3 is 20.3 Å². The molecule has 1 rings (SSSR count). The van der Waals surface area contributed by atoms with E-state index in [1.807, 2.05) is 0 Å². The second kappa shape index (κ2) is 5.88. The molecule has 7 nitrogen and oxygen atoms in total. The lowest BCUT2D eigenvalue weighted by molar-refractivity contribution is -0.141. The van der Waals surface area contributed by atoms with E-state index in [1.54, 1.807) is 26.4 Å². The minimum absolute atomic E-state index is 0.166. The molecule has 0 aliphatic carbocycles. The lowest BCUT2D eigenvalue weighted by atomic mass is 10.2. The van der Waals surface area contributed by atoms with Gasteiger partial charge in [0.15, 0.2) is 0 Å². The monoisotopic (exact) mass is 240 g/mol. The molecule has 0 aliphatic rings. The normalized spacial score (nSPS) is 11.9. The Bertz CT molecular complexity index is 377. The zero-order valence-electron chi connectivity index (χ0n) is 9.80. The number of carbonyl (C=O) groups is 2. The van der Waals surface area contributed by atoms with E-state index in [-0.39, 0.29) is 19.1 Å². The summed E-state index contributed by atoms with van der Waals surface area (Å²) >= 11 is 0. The van der Waals surface area contributed by atoms with E-state index >= 15 is 0 Å². The minimum atomic E-state index is -0.921. The van der Waals surface area contributed by atoms with Crippen LogP contribution in [0.1, 0.15) is 12.7 Å². The maximum Gasteiger partial charge on any atom is 0.317 e. The number of nitrogens with one attached hydrogen (secondary N) is 2. The Labute approximate surface area is 98.8 Å². The number of carbonyl (C=O) groups excluding carboxylic acids is 1. The van der Waals surface area contributed by atoms with Gasteiger partial charge in [0.1, 0.15) is 5.82 Å². The van der Waals surface area contributed by atoms with Gasteiger partial charge in [-0.1, -0.05) is 6.92 Å². The molecule has 0 fully saturated rings. The van der Waals surface area contributed by atoms with Gasteiger partial charge in [0, 0.05) is 26.0 Å². The maximum atomic E-state index is 11.6. The largest absolute Gasteiger partial charge is 0.481 e. The van der Waals surface area contributed by atoms with Gasteiger partial charge in [-0.05, 0) is 0 Å². The van der Waals surface area contributed by atoms with E-state index in [4.69, 9.17) is 5.11 Å². The van der Waals surface area contributed by atoms with Crippen molar-refractivity contribution in [3.05, 3.63) is 18.2 Å². The number of aliphatic carboxylic acids is 1. The van der Waals surface area contributed by atoms with E-state index in [2.05, 4.69) is 15.3 Å². The Hall–Kier alpha value is -2.05. The number of aromatic amines is 1. The van der Waals surface area contributed by atoms with Crippen molar-refractivity contribution in [1.29, 1.82) is 0 Å². The van der Waals surface area contributed by atoms with Gasteiger partial charge in [-0.2, -0.15) is 0 Å². The number of carboxylic acids is 1. The molecule has 17 heavy (non-hydrogen) atoms.